The molecule has 3 N–H and O–H groups in total. The van der Waals surface area contributed by atoms with Crippen molar-refractivity contribution in [1.29, 1.82) is 0 Å². The molecule has 0 radical (unpaired) electrons. The summed E-state index contributed by atoms with van der Waals surface area (Å²) in [6.45, 7) is 10.9. The van der Waals surface area contributed by atoms with E-state index in [1.807, 2.05) is 34.6 Å². The Hall–Kier alpha value is -0.610. The number of nitrogens with one attached hydrogen (secondary N) is 1. The van der Waals surface area contributed by atoms with E-state index in [9.17, 15) is 4.79 Å². The van der Waals surface area contributed by atoms with Crippen LogP contribution in [0, 0.1) is 5.41 Å². The summed E-state index contributed by atoms with van der Waals surface area (Å²) in [5.74, 6) is -0.116. The lowest BCUT2D eigenvalue weighted by Crippen LogP contribution is -2.51. The largest absolute Gasteiger partial charge is 0.380 e. The average Bonchev–Trinajstić information content (AvgIpc) is 2.11. The zero-order valence-electron chi connectivity index (χ0n) is 10.5. The fourth-order valence-electron chi connectivity index (χ4n) is 1.06. The molecule has 4 nitrogen and oxygen atoms in total. The molecule has 0 aromatic heterocycles. The lowest BCUT2D eigenvalue weighted by Gasteiger charge is -2.27. The molecule has 0 aliphatic carbocycles. The van der Waals surface area contributed by atoms with Crippen molar-refractivity contribution in [2.24, 2.45) is 11.1 Å². The molecule has 0 spiro atoms. The summed E-state index contributed by atoms with van der Waals surface area (Å²) in [5, 5.41) is 2.83. The van der Waals surface area contributed by atoms with E-state index in [1.54, 1.807) is 0 Å². The topological polar surface area (TPSA) is 64.3 Å². The predicted molar refractivity (Wildman–Crippen MR) is 61.5 cm³/mol. The Balaban J connectivity index is 4.02. The van der Waals surface area contributed by atoms with Crippen molar-refractivity contribution in [3.05, 3.63) is 0 Å². The van der Waals surface area contributed by atoms with Gasteiger partial charge in [0.25, 0.3) is 0 Å². The SMILES string of the molecule is CCOCC(C)NC(=O)C(N)C(C)(C)C. The van der Waals surface area contributed by atoms with Gasteiger partial charge in [-0.2, -0.15) is 0 Å². The Morgan fingerprint density at radius 3 is 2.40 bits per heavy atom. The fourth-order valence-corrected chi connectivity index (χ4v) is 1.06. The highest BCUT2D eigenvalue weighted by Crippen LogP contribution is 2.17. The van der Waals surface area contributed by atoms with Crippen LogP contribution in [0.4, 0.5) is 0 Å². The first kappa shape index (κ1) is 14.4. The van der Waals surface area contributed by atoms with Crippen LogP contribution in [0.2, 0.25) is 0 Å². The molecule has 0 bridgehead atoms. The molecule has 1 amide bonds. The zero-order chi connectivity index (χ0) is 12.1. The molecule has 15 heavy (non-hydrogen) atoms. The second kappa shape index (κ2) is 6.08. The van der Waals surface area contributed by atoms with Crippen molar-refractivity contribution in [1.82, 2.24) is 5.32 Å². The van der Waals surface area contributed by atoms with Gasteiger partial charge in [0.05, 0.1) is 12.6 Å². The molecule has 0 aromatic carbocycles. The van der Waals surface area contributed by atoms with Gasteiger partial charge in [-0.3, -0.25) is 4.79 Å². The minimum Gasteiger partial charge on any atom is -0.380 e. The lowest BCUT2D eigenvalue weighted by molar-refractivity contribution is -0.125. The summed E-state index contributed by atoms with van der Waals surface area (Å²) >= 11 is 0. The van der Waals surface area contributed by atoms with Crippen molar-refractivity contribution >= 4 is 5.91 Å². The van der Waals surface area contributed by atoms with Crippen LogP contribution in [-0.2, 0) is 9.53 Å². The third-order valence-corrected chi connectivity index (χ3v) is 2.18. The molecule has 0 aliphatic rings. The molecule has 90 valence electrons. The molecule has 0 rings (SSSR count). The highest BCUT2D eigenvalue weighted by atomic mass is 16.5. The van der Waals surface area contributed by atoms with Gasteiger partial charge in [-0.05, 0) is 19.3 Å². The van der Waals surface area contributed by atoms with Crippen LogP contribution in [0.15, 0.2) is 0 Å². The first-order valence-corrected chi connectivity index (χ1v) is 5.42. The maximum Gasteiger partial charge on any atom is 0.237 e. The Morgan fingerprint density at radius 1 is 1.47 bits per heavy atom. The molecular weight excluding hydrogens is 192 g/mol. The summed E-state index contributed by atoms with van der Waals surface area (Å²) in [6.07, 6.45) is 0. The average molecular weight is 216 g/mol. The van der Waals surface area contributed by atoms with Crippen molar-refractivity contribution in [2.45, 2.75) is 46.7 Å². The minimum atomic E-state index is -0.485. The Labute approximate surface area is 92.6 Å². The van der Waals surface area contributed by atoms with Gasteiger partial charge in [-0.25, -0.2) is 0 Å². The Bertz CT molecular complexity index is 199. The third-order valence-electron chi connectivity index (χ3n) is 2.18. The molecule has 0 saturated heterocycles. The monoisotopic (exact) mass is 216 g/mol. The number of ether oxygens (including phenoxy) is 1. The van der Waals surface area contributed by atoms with Crippen LogP contribution in [0.1, 0.15) is 34.6 Å². The van der Waals surface area contributed by atoms with Crippen LogP contribution in [0.5, 0.6) is 0 Å². The Kier molecular flexibility index (Phi) is 5.83. The maximum atomic E-state index is 11.7. The van der Waals surface area contributed by atoms with Crippen molar-refractivity contribution < 1.29 is 9.53 Å². The van der Waals surface area contributed by atoms with Crippen molar-refractivity contribution in [3.8, 4) is 0 Å². The molecule has 2 atom stereocenters. The number of hydrogen-bond acceptors (Lipinski definition) is 3. The van der Waals surface area contributed by atoms with Gasteiger partial charge in [0.1, 0.15) is 0 Å². The van der Waals surface area contributed by atoms with Gasteiger partial charge in [-0.1, -0.05) is 20.8 Å². The van der Waals surface area contributed by atoms with Crippen LogP contribution in [-0.4, -0.2) is 31.2 Å². The van der Waals surface area contributed by atoms with E-state index in [1.165, 1.54) is 0 Å². The van der Waals surface area contributed by atoms with Gasteiger partial charge >= 0.3 is 0 Å². The minimum absolute atomic E-state index is 0.00542. The van der Waals surface area contributed by atoms with Gasteiger partial charge in [0, 0.05) is 12.6 Å². The molecular formula is C11H24N2O2. The number of carbonyl (C=O) groups is 1. The first-order chi connectivity index (χ1) is 6.79. The van der Waals surface area contributed by atoms with E-state index in [-0.39, 0.29) is 17.4 Å². The first-order valence-electron chi connectivity index (χ1n) is 5.42. The highest BCUT2D eigenvalue weighted by molar-refractivity contribution is 5.82. The summed E-state index contributed by atoms with van der Waals surface area (Å²) in [6, 6.07) is -0.479. The fraction of sp³-hybridized carbons (Fsp3) is 0.909. The number of rotatable bonds is 5. The number of carbonyl (C=O) groups excluding carboxylic acids is 1. The second-order valence-corrected chi connectivity index (χ2v) is 4.91. The van der Waals surface area contributed by atoms with Gasteiger partial charge in [0.2, 0.25) is 5.91 Å². The van der Waals surface area contributed by atoms with Crippen LogP contribution >= 0.6 is 0 Å². The third kappa shape index (κ3) is 5.74. The van der Waals surface area contributed by atoms with E-state index in [0.29, 0.717) is 13.2 Å². The molecule has 0 saturated carbocycles. The second-order valence-electron chi connectivity index (χ2n) is 4.91. The van der Waals surface area contributed by atoms with Crippen LogP contribution < -0.4 is 11.1 Å². The van der Waals surface area contributed by atoms with E-state index < -0.39 is 6.04 Å². The van der Waals surface area contributed by atoms with E-state index in [2.05, 4.69) is 5.32 Å². The van der Waals surface area contributed by atoms with E-state index in [4.69, 9.17) is 10.5 Å². The molecule has 0 heterocycles. The van der Waals surface area contributed by atoms with Crippen LogP contribution in [0.25, 0.3) is 0 Å². The molecule has 0 fully saturated rings. The summed E-state index contributed by atoms with van der Waals surface area (Å²) in [4.78, 5) is 11.7. The smallest absolute Gasteiger partial charge is 0.237 e. The standard InChI is InChI=1S/C11H24N2O2/c1-6-15-7-8(2)13-10(14)9(12)11(3,4)5/h8-9H,6-7,12H2,1-5H3,(H,13,14). The lowest BCUT2D eigenvalue weighted by atomic mass is 9.87. The van der Waals surface area contributed by atoms with Crippen LogP contribution in [0.3, 0.4) is 0 Å². The zero-order valence-corrected chi connectivity index (χ0v) is 10.5. The Morgan fingerprint density at radius 2 is 2.00 bits per heavy atom. The van der Waals surface area contributed by atoms with E-state index in [0.717, 1.165) is 0 Å². The predicted octanol–water partition coefficient (Wildman–Crippen LogP) is 0.901. The van der Waals surface area contributed by atoms with Gasteiger partial charge in [-0.15, -0.1) is 0 Å². The number of nitrogens with two attached hydrogens (primary N) is 1. The summed E-state index contributed by atoms with van der Waals surface area (Å²) in [5.41, 5.74) is 5.61. The van der Waals surface area contributed by atoms with Crippen molar-refractivity contribution in [2.75, 3.05) is 13.2 Å². The van der Waals surface area contributed by atoms with Gasteiger partial charge < -0.3 is 15.8 Å². The molecule has 0 aliphatic heterocycles. The normalized spacial score (nSPS) is 15.9. The summed E-state index contributed by atoms with van der Waals surface area (Å²) < 4.78 is 5.21. The quantitative estimate of drug-likeness (QED) is 0.717. The van der Waals surface area contributed by atoms with Gasteiger partial charge in [0.15, 0.2) is 0 Å². The summed E-state index contributed by atoms with van der Waals surface area (Å²) in [7, 11) is 0. The number of hydrogen-bond donors (Lipinski definition) is 2. The number of amides is 1. The molecule has 0 aromatic rings. The highest BCUT2D eigenvalue weighted by Gasteiger charge is 2.27. The van der Waals surface area contributed by atoms with E-state index >= 15 is 0 Å². The maximum absolute atomic E-state index is 11.7. The van der Waals surface area contributed by atoms with Crippen molar-refractivity contribution in [3.63, 3.8) is 0 Å². The molecule has 2 unspecified atom stereocenters. The molecule has 4 heteroatoms.